The van der Waals surface area contributed by atoms with Crippen LogP contribution < -0.4 is 11.1 Å². The van der Waals surface area contributed by atoms with Gasteiger partial charge in [-0.1, -0.05) is 18.2 Å². The standard InChI is InChI=1S/C13H18N2O3/c1-8(2)7-15-13(18)10(14)5-9-3-4-11(16)12(17)6-9/h3-4,6,10,16-17H,1,5,7,14H2,2H3,(H,15,18)/t10-/m0/s1. The largest absolute Gasteiger partial charge is 0.504 e. The van der Waals surface area contributed by atoms with Gasteiger partial charge in [0.1, 0.15) is 0 Å². The first-order valence-electron chi connectivity index (χ1n) is 5.58. The fourth-order valence-corrected chi connectivity index (χ4v) is 1.41. The van der Waals surface area contributed by atoms with Crippen molar-refractivity contribution in [3.05, 3.63) is 35.9 Å². The van der Waals surface area contributed by atoms with Crippen LogP contribution in [0.25, 0.3) is 0 Å². The second-order valence-corrected chi connectivity index (χ2v) is 4.31. The summed E-state index contributed by atoms with van der Waals surface area (Å²) in [7, 11) is 0. The molecule has 1 aromatic rings. The van der Waals surface area contributed by atoms with E-state index in [2.05, 4.69) is 11.9 Å². The van der Waals surface area contributed by atoms with Crippen LogP contribution in [0.5, 0.6) is 11.5 Å². The summed E-state index contributed by atoms with van der Waals surface area (Å²) < 4.78 is 0. The maximum Gasteiger partial charge on any atom is 0.237 e. The van der Waals surface area contributed by atoms with Gasteiger partial charge in [0.25, 0.3) is 0 Å². The molecule has 0 aliphatic rings. The molecule has 18 heavy (non-hydrogen) atoms. The highest BCUT2D eigenvalue weighted by atomic mass is 16.3. The summed E-state index contributed by atoms with van der Waals surface area (Å²) in [4.78, 5) is 11.6. The van der Waals surface area contributed by atoms with E-state index in [1.165, 1.54) is 12.1 Å². The van der Waals surface area contributed by atoms with Crippen molar-refractivity contribution in [1.29, 1.82) is 0 Å². The molecule has 0 spiro atoms. The summed E-state index contributed by atoms with van der Waals surface area (Å²) in [6, 6.07) is 3.67. The van der Waals surface area contributed by atoms with Gasteiger partial charge < -0.3 is 21.3 Å². The summed E-state index contributed by atoms with van der Waals surface area (Å²) in [6.45, 7) is 5.88. The van der Waals surface area contributed by atoms with Crippen LogP contribution in [0.4, 0.5) is 0 Å². The molecule has 0 unspecified atom stereocenters. The number of hydrogen-bond donors (Lipinski definition) is 4. The van der Waals surface area contributed by atoms with E-state index in [-0.39, 0.29) is 23.8 Å². The van der Waals surface area contributed by atoms with Gasteiger partial charge in [0.05, 0.1) is 6.04 Å². The van der Waals surface area contributed by atoms with E-state index in [1.54, 1.807) is 6.07 Å². The lowest BCUT2D eigenvalue weighted by Crippen LogP contribution is -2.42. The summed E-state index contributed by atoms with van der Waals surface area (Å²) >= 11 is 0. The molecular formula is C13H18N2O3. The van der Waals surface area contributed by atoms with Crippen LogP contribution in [0, 0.1) is 0 Å². The number of phenolic OH excluding ortho intramolecular Hbond substituents is 2. The van der Waals surface area contributed by atoms with Gasteiger partial charge in [0.2, 0.25) is 5.91 Å². The third kappa shape index (κ3) is 4.10. The number of carbonyl (C=O) groups is 1. The van der Waals surface area contributed by atoms with E-state index < -0.39 is 6.04 Å². The van der Waals surface area contributed by atoms with Gasteiger partial charge in [-0.05, 0) is 31.0 Å². The van der Waals surface area contributed by atoms with Gasteiger partial charge in [-0.3, -0.25) is 4.79 Å². The minimum absolute atomic E-state index is 0.195. The van der Waals surface area contributed by atoms with E-state index in [0.29, 0.717) is 12.1 Å². The first kappa shape index (κ1) is 14.1. The van der Waals surface area contributed by atoms with E-state index in [9.17, 15) is 9.90 Å². The molecule has 0 bridgehead atoms. The van der Waals surface area contributed by atoms with Crippen LogP contribution in [0.2, 0.25) is 0 Å². The van der Waals surface area contributed by atoms with Crippen molar-refractivity contribution >= 4 is 5.91 Å². The highest BCUT2D eigenvalue weighted by molar-refractivity contribution is 5.82. The molecule has 1 aromatic carbocycles. The molecule has 0 aromatic heterocycles. The van der Waals surface area contributed by atoms with Crippen molar-refractivity contribution in [1.82, 2.24) is 5.32 Å². The highest BCUT2D eigenvalue weighted by Gasteiger charge is 2.14. The average molecular weight is 250 g/mol. The van der Waals surface area contributed by atoms with Crippen molar-refractivity contribution in [2.24, 2.45) is 5.73 Å². The summed E-state index contributed by atoms with van der Waals surface area (Å²) in [6.07, 6.45) is 0.288. The van der Waals surface area contributed by atoms with E-state index in [1.807, 2.05) is 6.92 Å². The monoisotopic (exact) mass is 250 g/mol. The van der Waals surface area contributed by atoms with Crippen molar-refractivity contribution in [2.45, 2.75) is 19.4 Å². The molecule has 1 atom stereocenters. The lowest BCUT2D eigenvalue weighted by Gasteiger charge is -2.12. The lowest BCUT2D eigenvalue weighted by molar-refractivity contribution is -0.122. The quantitative estimate of drug-likeness (QED) is 0.456. The van der Waals surface area contributed by atoms with Gasteiger partial charge in [0, 0.05) is 6.54 Å². The van der Waals surface area contributed by atoms with E-state index >= 15 is 0 Å². The first-order chi connectivity index (χ1) is 8.40. The molecule has 5 heteroatoms. The normalized spacial score (nSPS) is 11.9. The maximum atomic E-state index is 11.6. The van der Waals surface area contributed by atoms with Gasteiger partial charge in [-0.25, -0.2) is 0 Å². The number of rotatable bonds is 5. The fraction of sp³-hybridized carbons (Fsp3) is 0.308. The molecule has 1 amide bonds. The number of nitrogens with one attached hydrogen (secondary N) is 1. The van der Waals surface area contributed by atoms with E-state index in [0.717, 1.165) is 5.57 Å². The Labute approximate surface area is 106 Å². The number of hydrogen-bond acceptors (Lipinski definition) is 4. The first-order valence-corrected chi connectivity index (χ1v) is 5.58. The molecule has 0 radical (unpaired) electrons. The van der Waals surface area contributed by atoms with Gasteiger partial charge >= 0.3 is 0 Å². The minimum atomic E-state index is -0.701. The van der Waals surface area contributed by atoms with Crippen LogP contribution >= 0.6 is 0 Å². The fourth-order valence-electron chi connectivity index (χ4n) is 1.41. The van der Waals surface area contributed by atoms with Crippen molar-refractivity contribution in [2.75, 3.05) is 6.54 Å². The van der Waals surface area contributed by atoms with Crippen LogP contribution in [0.15, 0.2) is 30.4 Å². The van der Waals surface area contributed by atoms with E-state index in [4.69, 9.17) is 10.8 Å². The second-order valence-electron chi connectivity index (χ2n) is 4.31. The number of aromatic hydroxyl groups is 2. The van der Waals surface area contributed by atoms with Gasteiger partial charge in [-0.2, -0.15) is 0 Å². The Kier molecular flexibility index (Phi) is 4.74. The molecule has 0 saturated heterocycles. The topological polar surface area (TPSA) is 95.6 Å². The molecule has 0 fully saturated rings. The third-order valence-corrected chi connectivity index (χ3v) is 2.40. The predicted molar refractivity (Wildman–Crippen MR) is 69.3 cm³/mol. The molecule has 1 rings (SSSR count). The highest BCUT2D eigenvalue weighted by Crippen LogP contribution is 2.25. The number of phenols is 2. The zero-order valence-electron chi connectivity index (χ0n) is 10.3. The predicted octanol–water partition coefficient (Wildman–Crippen LogP) is 0.660. The summed E-state index contributed by atoms with van der Waals surface area (Å²) in [5.41, 5.74) is 7.27. The zero-order valence-corrected chi connectivity index (χ0v) is 10.3. The smallest absolute Gasteiger partial charge is 0.237 e. The molecule has 0 saturated carbocycles. The Morgan fingerprint density at radius 3 is 2.67 bits per heavy atom. The molecule has 5 nitrogen and oxygen atoms in total. The Morgan fingerprint density at radius 2 is 2.11 bits per heavy atom. The van der Waals surface area contributed by atoms with Crippen LogP contribution in [0.3, 0.4) is 0 Å². The van der Waals surface area contributed by atoms with Crippen molar-refractivity contribution < 1.29 is 15.0 Å². The Balaban J connectivity index is 2.58. The maximum absolute atomic E-state index is 11.6. The zero-order chi connectivity index (χ0) is 13.7. The van der Waals surface area contributed by atoms with Crippen LogP contribution in [-0.4, -0.2) is 28.7 Å². The SMILES string of the molecule is C=C(C)CNC(=O)[C@@H](N)Cc1ccc(O)c(O)c1. The molecule has 0 heterocycles. The molecule has 0 aliphatic heterocycles. The molecule has 0 aliphatic carbocycles. The van der Waals surface area contributed by atoms with Gasteiger partial charge in [0.15, 0.2) is 11.5 Å². The molecular weight excluding hydrogens is 232 g/mol. The molecule has 5 N–H and O–H groups in total. The number of amides is 1. The average Bonchev–Trinajstić information content (AvgIpc) is 2.30. The number of nitrogens with two attached hydrogens (primary N) is 1. The number of carbonyl (C=O) groups excluding carboxylic acids is 1. The Bertz CT molecular complexity index is 458. The van der Waals surface area contributed by atoms with Crippen molar-refractivity contribution in [3.63, 3.8) is 0 Å². The molecule has 98 valence electrons. The minimum Gasteiger partial charge on any atom is -0.504 e. The van der Waals surface area contributed by atoms with Crippen molar-refractivity contribution in [3.8, 4) is 11.5 Å². The Morgan fingerprint density at radius 1 is 1.44 bits per heavy atom. The van der Waals surface area contributed by atoms with Gasteiger partial charge in [-0.15, -0.1) is 0 Å². The summed E-state index contributed by atoms with van der Waals surface area (Å²) in [5.74, 6) is -0.688. The summed E-state index contributed by atoms with van der Waals surface area (Å²) in [5, 5.41) is 21.1. The number of benzene rings is 1. The van der Waals surface area contributed by atoms with Crippen LogP contribution in [-0.2, 0) is 11.2 Å². The third-order valence-electron chi connectivity index (χ3n) is 2.40. The Hall–Kier alpha value is -2.01. The lowest BCUT2D eigenvalue weighted by atomic mass is 10.1. The van der Waals surface area contributed by atoms with Crippen LogP contribution in [0.1, 0.15) is 12.5 Å². The second kappa shape index (κ2) is 6.07.